The largest absolute Gasteiger partial charge is 0.503 e. The second kappa shape index (κ2) is 7.53. The predicted molar refractivity (Wildman–Crippen MR) is 64.7 cm³/mol. The first-order valence-corrected chi connectivity index (χ1v) is 5.52. The lowest BCUT2D eigenvalue weighted by atomic mass is 10.1. The van der Waals surface area contributed by atoms with Crippen molar-refractivity contribution in [3.8, 4) is 6.07 Å². The van der Waals surface area contributed by atoms with Crippen LogP contribution in [0.5, 0.6) is 0 Å². The van der Waals surface area contributed by atoms with Gasteiger partial charge in [0.2, 0.25) is 0 Å². The Balaban J connectivity index is 2.22. The van der Waals surface area contributed by atoms with Crippen molar-refractivity contribution >= 4 is 0 Å². The number of hydrogen-bond donors (Lipinski definition) is 0. The maximum Gasteiger partial charge on any atom is 0.0979 e. The molecule has 0 saturated heterocycles. The number of nitrogens with zero attached hydrogens (tertiary/aromatic N) is 1. The molecule has 0 heterocycles. The molecule has 2 heteroatoms. The summed E-state index contributed by atoms with van der Waals surface area (Å²) in [6, 6.07) is 12.5. The average Bonchev–Trinajstić information content (AvgIpc) is 2.34. The molecule has 84 valence electrons. The van der Waals surface area contributed by atoms with Gasteiger partial charge in [-0.25, -0.2) is 0 Å². The Kier molecular flexibility index (Phi) is 5.80. The van der Waals surface area contributed by atoms with E-state index in [2.05, 4.69) is 30.3 Å². The van der Waals surface area contributed by atoms with Crippen LogP contribution in [-0.2, 0) is 11.2 Å². The molecule has 0 aliphatic heterocycles. The molecule has 0 aliphatic rings. The van der Waals surface area contributed by atoms with E-state index in [9.17, 15) is 0 Å². The zero-order valence-electron chi connectivity index (χ0n) is 9.65. The average molecular weight is 215 g/mol. The van der Waals surface area contributed by atoms with E-state index in [1.54, 1.807) is 7.11 Å². The summed E-state index contributed by atoms with van der Waals surface area (Å²) < 4.78 is 4.83. The monoisotopic (exact) mass is 215 g/mol. The van der Waals surface area contributed by atoms with Crippen molar-refractivity contribution in [2.45, 2.75) is 25.7 Å². The van der Waals surface area contributed by atoms with Gasteiger partial charge in [-0.05, 0) is 31.2 Å². The minimum atomic E-state index is 0.718. The molecule has 1 aromatic carbocycles. The maximum atomic E-state index is 8.78. The van der Waals surface area contributed by atoms with Crippen molar-refractivity contribution in [1.29, 1.82) is 5.26 Å². The van der Waals surface area contributed by atoms with E-state index >= 15 is 0 Å². The number of hydrogen-bond acceptors (Lipinski definition) is 2. The summed E-state index contributed by atoms with van der Waals surface area (Å²) in [7, 11) is 1.57. The molecule has 2 nitrogen and oxygen atoms in total. The molecule has 0 fully saturated rings. The number of allylic oxidation sites excluding steroid dienone is 1. The van der Waals surface area contributed by atoms with Gasteiger partial charge >= 0.3 is 0 Å². The molecule has 0 saturated carbocycles. The summed E-state index contributed by atoms with van der Waals surface area (Å²) in [6.07, 6.45) is 5.54. The van der Waals surface area contributed by atoms with E-state index in [0.29, 0.717) is 0 Å². The molecule has 1 rings (SSSR count). The first kappa shape index (κ1) is 12.3. The number of rotatable bonds is 6. The minimum absolute atomic E-state index is 0.718. The number of unbranched alkanes of at least 4 members (excludes halogenated alkanes) is 1. The highest BCUT2D eigenvalue weighted by molar-refractivity contribution is 5.18. The highest BCUT2D eigenvalue weighted by Crippen LogP contribution is 2.10. The Bertz CT molecular complexity index is 362. The van der Waals surface area contributed by atoms with Gasteiger partial charge in [0.1, 0.15) is 0 Å². The van der Waals surface area contributed by atoms with E-state index in [4.69, 9.17) is 10.00 Å². The molecule has 0 unspecified atom stereocenters. The van der Waals surface area contributed by atoms with Gasteiger partial charge in [0.05, 0.1) is 25.0 Å². The fourth-order valence-electron chi connectivity index (χ4n) is 1.57. The second-order valence-electron chi connectivity index (χ2n) is 3.68. The van der Waals surface area contributed by atoms with Crippen molar-refractivity contribution in [2.24, 2.45) is 0 Å². The van der Waals surface area contributed by atoms with Crippen LogP contribution < -0.4 is 0 Å². The summed E-state index contributed by atoms with van der Waals surface area (Å²) in [5.41, 5.74) is 2.08. The van der Waals surface area contributed by atoms with E-state index in [1.165, 1.54) is 11.8 Å². The predicted octanol–water partition coefficient (Wildman–Crippen LogP) is 3.45. The van der Waals surface area contributed by atoms with Crippen LogP contribution in [0.3, 0.4) is 0 Å². The zero-order chi connectivity index (χ0) is 11.6. The van der Waals surface area contributed by atoms with Gasteiger partial charge in [-0.15, -0.1) is 0 Å². The summed E-state index contributed by atoms with van der Waals surface area (Å²) in [5, 5.41) is 8.78. The molecule has 0 spiro atoms. The quantitative estimate of drug-likeness (QED) is 0.413. The van der Waals surface area contributed by atoms with Gasteiger partial charge in [0.15, 0.2) is 0 Å². The van der Waals surface area contributed by atoms with E-state index < -0.39 is 0 Å². The van der Waals surface area contributed by atoms with Crippen LogP contribution in [0.2, 0.25) is 0 Å². The topological polar surface area (TPSA) is 33.0 Å². The lowest BCUT2D eigenvalue weighted by Crippen LogP contribution is -1.87. The van der Waals surface area contributed by atoms with Crippen molar-refractivity contribution in [3.05, 3.63) is 47.7 Å². The molecule has 16 heavy (non-hydrogen) atoms. The molecule has 0 N–H and O–H groups in total. The first-order valence-electron chi connectivity index (χ1n) is 5.52. The zero-order valence-corrected chi connectivity index (χ0v) is 9.65. The fourth-order valence-corrected chi connectivity index (χ4v) is 1.57. The molecule has 0 aromatic heterocycles. The Hall–Kier alpha value is -1.75. The smallest absolute Gasteiger partial charge is 0.0979 e. The molecule has 1 aromatic rings. The van der Waals surface area contributed by atoms with E-state index in [-0.39, 0.29) is 0 Å². The number of methoxy groups -OCH3 is 1. The first-order chi connectivity index (χ1) is 7.86. The van der Waals surface area contributed by atoms with Gasteiger partial charge in [-0.2, -0.15) is 5.26 Å². The van der Waals surface area contributed by atoms with Crippen LogP contribution in [0.1, 0.15) is 24.8 Å². The normalized spacial score (nSPS) is 10.9. The van der Waals surface area contributed by atoms with Crippen molar-refractivity contribution in [1.82, 2.24) is 0 Å². The highest BCUT2D eigenvalue weighted by Gasteiger charge is 1.97. The SMILES string of the molecule is CO/C=C(\C#N)CCCCc1ccccc1. The summed E-state index contributed by atoms with van der Waals surface area (Å²) >= 11 is 0. The number of benzene rings is 1. The van der Waals surface area contributed by atoms with Gasteiger partial charge < -0.3 is 4.74 Å². The Labute approximate surface area is 97.2 Å². The Morgan fingerprint density at radius 3 is 2.69 bits per heavy atom. The van der Waals surface area contributed by atoms with Crippen LogP contribution in [0.25, 0.3) is 0 Å². The molecular formula is C14H17NO. The lowest BCUT2D eigenvalue weighted by Gasteiger charge is -2.01. The van der Waals surface area contributed by atoms with Crippen LogP contribution in [0.15, 0.2) is 42.2 Å². The molecule has 0 radical (unpaired) electrons. The standard InChI is InChI=1S/C14H17NO/c1-16-12-14(11-15)10-6-5-9-13-7-3-2-4-8-13/h2-4,7-8,12H,5-6,9-10H2,1H3/b14-12-. The Morgan fingerprint density at radius 2 is 2.06 bits per heavy atom. The number of ether oxygens (including phenoxy) is 1. The van der Waals surface area contributed by atoms with Crippen LogP contribution in [0.4, 0.5) is 0 Å². The summed E-state index contributed by atoms with van der Waals surface area (Å²) in [4.78, 5) is 0. The van der Waals surface area contributed by atoms with Crippen LogP contribution >= 0.6 is 0 Å². The van der Waals surface area contributed by atoms with Crippen LogP contribution in [-0.4, -0.2) is 7.11 Å². The highest BCUT2D eigenvalue weighted by atomic mass is 16.5. The Morgan fingerprint density at radius 1 is 1.31 bits per heavy atom. The second-order valence-corrected chi connectivity index (χ2v) is 3.68. The van der Waals surface area contributed by atoms with Gasteiger partial charge in [-0.1, -0.05) is 30.3 Å². The van der Waals surface area contributed by atoms with Crippen molar-refractivity contribution < 1.29 is 4.74 Å². The van der Waals surface area contributed by atoms with E-state index in [0.717, 1.165) is 31.3 Å². The summed E-state index contributed by atoms with van der Waals surface area (Å²) in [6.45, 7) is 0. The van der Waals surface area contributed by atoms with Crippen molar-refractivity contribution in [2.75, 3.05) is 7.11 Å². The molecule has 0 amide bonds. The number of aryl methyl sites for hydroxylation is 1. The van der Waals surface area contributed by atoms with Gasteiger partial charge in [-0.3, -0.25) is 0 Å². The molecular weight excluding hydrogens is 198 g/mol. The molecule has 0 atom stereocenters. The summed E-state index contributed by atoms with van der Waals surface area (Å²) in [5.74, 6) is 0. The third-order valence-electron chi connectivity index (χ3n) is 2.41. The fraction of sp³-hybridized carbons (Fsp3) is 0.357. The minimum Gasteiger partial charge on any atom is -0.503 e. The lowest BCUT2D eigenvalue weighted by molar-refractivity contribution is 0.334. The maximum absolute atomic E-state index is 8.78. The molecule has 0 aliphatic carbocycles. The van der Waals surface area contributed by atoms with Crippen LogP contribution in [0, 0.1) is 11.3 Å². The number of nitriles is 1. The molecule has 0 bridgehead atoms. The van der Waals surface area contributed by atoms with Crippen molar-refractivity contribution in [3.63, 3.8) is 0 Å². The van der Waals surface area contributed by atoms with E-state index in [1.807, 2.05) is 6.07 Å². The van der Waals surface area contributed by atoms with Gasteiger partial charge in [0.25, 0.3) is 0 Å². The third kappa shape index (κ3) is 4.65. The van der Waals surface area contributed by atoms with Gasteiger partial charge in [0, 0.05) is 0 Å². The third-order valence-corrected chi connectivity index (χ3v) is 2.41.